The summed E-state index contributed by atoms with van der Waals surface area (Å²) < 4.78 is 6.28. The molecule has 0 aliphatic rings. The molecule has 1 N–H and O–H groups in total. The van der Waals surface area contributed by atoms with Gasteiger partial charge in [0.15, 0.2) is 0 Å². The van der Waals surface area contributed by atoms with Crippen LogP contribution in [0.5, 0.6) is 5.75 Å². The van der Waals surface area contributed by atoms with Crippen LogP contribution >= 0.6 is 27.5 Å². The standard InChI is InChI=1S/C15H16BrClN2O/c1-8-5-11(16)15(18-7-8)19-13-9(2)6-12(17)14(20-4)10(13)3/h5-7H,1-4H3,(H,18,19). The molecule has 1 aromatic carbocycles. The summed E-state index contributed by atoms with van der Waals surface area (Å²) in [6.07, 6.45) is 1.82. The SMILES string of the molecule is COc1c(Cl)cc(C)c(Nc2ncc(C)cc2Br)c1C. The van der Waals surface area contributed by atoms with Gasteiger partial charge in [0, 0.05) is 17.4 Å². The van der Waals surface area contributed by atoms with Crippen molar-refractivity contribution in [2.24, 2.45) is 0 Å². The highest BCUT2D eigenvalue weighted by Crippen LogP contribution is 2.38. The summed E-state index contributed by atoms with van der Waals surface area (Å²) in [7, 11) is 1.62. The van der Waals surface area contributed by atoms with Gasteiger partial charge >= 0.3 is 0 Å². The molecule has 0 aliphatic carbocycles. The van der Waals surface area contributed by atoms with Gasteiger partial charge in [-0.15, -0.1) is 0 Å². The maximum absolute atomic E-state index is 6.18. The van der Waals surface area contributed by atoms with Gasteiger partial charge < -0.3 is 10.1 Å². The molecule has 106 valence electrons. The van der Waals surface area contributed by atoms with Crippen molar-refractivity contribution >= 4 is 39.0 Å². The fraction of sp³-hybridized carbons (Fsp3) is 0.267. The molecule has 0 saturated carbocycles. The zero-order chi connectivity index (χ0) is 14.9. The highest BCUT2D eigenvalue weighted by atomic mass is 79.9. The molecule has 1 heterocycles. The summed E-state index contributed by atoms with van der Waals surface area (Å²) in [4.78, 5) is 4.40. The molecule has 2 rings (SSSR count). The summed E-state index contributed by atoms with van der Waals surface area (Å²) in [5.74, 6) is 1.45. The second-order valence-electron chi connectivity index (χ2n) is 4.68. The molecule has 5 heteroatoms. The molecule has 1 aromatic heterocycles. The molecule has 20 heavy (non-hydrogen) atoms. The number of hydrogen-bond acceptors (Lipinski definition) is 3. The van der Waals surface area contributed by atoms with Gasteiger partial charge in [-0.2, -0.15) is 0 Å². The largest absolute Gasteiger partial charge is 0.495 e. The minimum Gasteiger partial charge on any atom is -0.495 e. The second-order valence-corrected chi connectivity index (χ2v) is 5.94. The monoisotopic (exact) mass is 354 g/mol. The van der Waals surface area contributed by atoms with Crippen LogP contribution < -0.4 is 10.1 Å². The van der Waals surface area contributed by atoms with Crippen LogP contribution in [0.4, 0.5) is 11.5 Å². The third kappa shape index (κ3) is 2.91. The maximum atomic E-state index is 6.18. The van der Waals surface area contributed by atoms with E-state index in [9.17, 15) is 0 Å². The Bertz CT molecular complexity index is 659. The molecular formula is C15H16BrClN2O. The number of benzene rings is 1. The van der Waals surface area contributed by atoms with Crippen LogP contribution in [-0.4, -0.2) is 12.1 Å². The molecule has 3 nitrogen and oxygen atoms in total. The van der Waals surface area contributed by atoms with Crippen molar-refractivity contribution in [1.82, 2.24) is 4.98 Å². The Balaban J connectivity index is 2.48. The van der Waals surface area contributed by atoms with Crippen molar-refractivity contribution < 1.29 is 4.74 Å². The number of ether oxygens (including phenoxy) is 1. The summed E-state index contributed by atoms with van der Waals surface area (Å²) in [6, 6.07) is 3.91. The van der Waals surface area contributed by atoms with Crippen molar-refractivity contribution in [2.75, 3.05) is 12.4 Å². The molecular weight excluding hydrogens is 340 g/mol. The van der Waals surface area contributed by atoms with Gasteiger partial charge in [-0.25, -0.2) is 4.98 Å². The third-order valence-electron chi connectivity index (χ3n) is 3.10. The number of halogens is 2. The van der Waals surface area contributed by atoms with Crippen molar-refractivity contribution in [2.45, 2.75) is 20.8 Å². The Hall–Kier alpha value is -1.26. The molecule has 2 aromatic rings. The first-order valence-corrected chi connectivity index (χ1v) is 7.34. The maximum Gasteiger partial charge on any atom is 0.144 e. The van der Waals surface area contributed by atoms with E-state index < -0.39 is 0 Å². The summed E-state index contributed by atoms with van der Waals surface area (Å²) in [5, 5.41) is 3.96. The first kappa shape index (κ1) is 15.1. The highest BCUT2D eigenvalue weighted by Gasteiger charge is 2.14. The van der Waals surface area contributed by atoms with Crippen LogP contribution in [0.15, 0.2) is 22.8 Å². The second kappa shape index (κ2) is 6.02. The smallest absolute Gasteiger partial charge is 0.144 e. The molecule has 0 saturated heterocycles. The molecule has 0 unspecified atom stereocenters. The number of pyridine rings is 1. The van der Waals surface area contributed by atoms with Gasteiger partial charge in [-0.3, -0.25) is 0 Å². The molecule has 0 fully saturated rings. The van der Waals surface area contributed by atoms with E-state index in [-0.39, 0.29) is 0 Å². The number of hydrogen-bond donors (Lipinski definition) is 1. The molecule has 0 bridgehead atoms. The number of nitrogens with one attached hydrogen (secondary N) is 1. The number of anilines is 2. The number of rotatable bonds is 3. The van der Waals surface area contributed by atoms with Crippen LogP contribution in [0.2, 0.25) is 5.02 Å². The van der Waals surface area contributed by atoms with Crippen LogP contribution in [0.1, 0.15) is 16.7 Å². The van der Waals surface area contributed by atoms with E-state index in [2.05, 4.69) is 26.2 Å². The third-order valence-corrected chi connectivity index (χ3v) is 3.98. The van der Waals surface area contributed by atoms with E-state index in [0.29, 0.717) is 10.8 Å². The Kier molecular flexibility index (Phi) is 4.55. The zero-order valence-electron chi connectivity index (χ0n) is 11.8. The summed E-state index contributed by atoms with van der Waals surface area (Å²) >= 11 is 9.71. The first-order chi connectivity index (χ1) is 9.43. The minimum absolute atomic E-state index is 0.615. The van der Waals surface area contributed by atoms with Gasteiger partial charge in [-0.05, 0) is 60.0 Å². The lowest BCUT2D eigenvalue weighted by atomic mass is 10.1. The van der Waals surface area contributed by atoms with Gasteiger partial charge in [0.2, 0.25) is 0 Å². The van der Waals surface area contributed by atoms with Crippen molar-refractivity contribution in [3.63, 3.8) is 0 Å². The minimum atomic E-state index is 0.615. The average Bonchev–Trinajstić information content (AvgIpc) is 2.37. The average molecular weight is 356 g/mol. The van der Waals surface area contributed by atoms with Gasteiger partial charge in [-0.1, -0.05) is 11.6 Å². The predicted molar refractivity (Wildman–Crippen MR) is 87.4 cm³/mol. The summed E-state index contributed by atoms with van der Waals surface area (Å²) in [5.41, 5.74) is 4.07. The Morgan fingerprint density at radius 2 is 1.95 bits per heavy atom. The topological polar surface area (TPSA) is 34.1 Å². The Morgan fingerprint density at radius 1 is 1.25 bits per heavy atom. The highest BCUT2D eigenvalue weighted by molar-refractivity contribution is 9.10. The van der Waals surface area contributed by atoms with Crippen LogP contribution in [0.3, 0.4) is 0 Å². The molecule has 0 aliphatic heterocycles. The van der Waals surface area contributed by atoms with Crippen molar-refractivity contribution in [1.29, 1.82) is 0 Å². The summed E-state index contributed by atoms with van der Waals surface area (Å²) in [6.45, 7) is 5.98. The van der Waals surface area contributed by atoms with Crippen molar-refractivity contribution in [3.05, 3.63) is 44.5 Å². The fourth-order valence-electron chi connectivity index (χ4n) is 2.10. The molecule has 0 atom stereocenters. The number of nitrogens with zero attached hydrogens (tertiary/aromatic N) is 1. The van der Waals surface area contributed by atoms with E-state index in [1.165, 1.54) is 0 Å². The van der Waals surface area contributed by atoms with E-state index in [0.717, 1.165) is 32.7 Å². The zero-order valence-corrected chi connectivity index (χ0v) is 14.2. The van der Waals surface area contributed by atoms with E-state index in [1.807, 2.05) is 39.1 Å². The van der Waals surface area contributed by atoms with Gasteiger partial charge in [0.05, 0.1) is 16.6 Å². The number of aromatic nitrogens is 1. The van der Waals surface area contributed by atoms with Gasteiger partial charge in [0.25, 0.3) is 0 Å². The van der Waals surface area contributed by atoms with E-state index in [4.69, 9.17) is 16.3 Å². The molecule has 0 radical (unpaired) electrons. The molecule has 0 amide bonds. The van der Waals surface area contributed by atoms with E-state index >= 15 is 0 Å². The normalized spacial score (nSPS) is 10.5. The van der Waals surface area contributed by atoms with E-state index in [1.54, 1.807) is 7.11 Å². The number of methoxy groups -OCH3 is 1. The molecule has 0 spiro atoms. The van der Waals surface area contributed by atoms with Crippen LogP contribution in [-0.2, 0) is 0 Å². The van der Waals surface area contributed by atoms with Crippen LogP contribution in [0, 0.1) is 20.8 Å². The van der Waals surface area contributed by atoms with Gasteiger partial charge in [0.1, 0.15) is 11.6 Å². The van der Waals surface area contributed by atoms with Crippen molar-refractivity contribution in [3.8, 4) is 5.75 Å². The fourth-order valence-corrected chi connectivity index (χ4v) is 3.05. The lowest BCUT2D eigenvalue weighted by Crippen LogP contribution is -2.01. The lowest BCUT2D eigenvalue weighted by molar-refractivity contribution is 0.412. The Morgan fingerprint density at radius 3 is 2.55 bits per heavy atom. The quantitative estimate of drug-likeness (QED) is 0.824. The predicted octanol–water partition coefficient (Wildman–Crippen LogP) is 5.17. The number of aryl methyl sites for hydroxylation is 2. The first-order valence-electron chi connectivity index (χ1n) is 6.17. The Labute approximate surface area is 132 Å². The lowest BCUT2D eigenvalue weighted by Gasteiger charge is -2.17. The van der Waals surface area contributed by atoms with Crippen LogP contribution in [0.25, 0.3) is 0 Å².